The summed E-state index contributed by atoms with van der Waals surface area (Å²) in [4.78, 5) is 22.9. The summed E-state index contributed by atoms with van der Waals surface area (Å²) in [5, 5.41) is 23.6. The molecule has 0 fully saturated rings. The first kappa shape index (κ1) is 13.4. The van der Waals surface area contributed by atoms with Gasteiger partial charge in [0.15, 0.2) is 6.04 Å². The Balaban J connectivity index is 2.01. The number of benzene rings is 1. The summed E-state index contributed by atoms with van der Waals surface area (Å²) in [7, 11) is 0. The number of nitrogens with one attached hydrogen (secondary N) is 2. The van der Waals surface area contributed by atoms with Gasteiger partial charge in [0.05, 0.1) is 6.10 Å². The molecule has 0 bridgehead atoms. The molecule has 0 aromatic heterocycles. The number of carboxylic acid groups (broad SMARTS) is 1. The van der Waals surface area contributed by atoms with Crippen molar-refractivity contribution in [1.82, 2.24) is 5.32 Å². The number of carbonyl (C=O) groups excluding carboxylic acids is 1. The summed E-state index contributed by atoms with van der Waals surface area (Å²) in [5.41, 5.74) is 1.90. The van der Waals surface area contributed by atoms with Gasteiger partial charge in [-0.15, -0.1) is 0 Å². The second-order valence-electron chi connectivity index (χ2n) is 4.62. The van der Waals surface area contributed by atoms with Crippen LogP contribution in [0.1, 0.15) is 12.5 Å². The lowest BCUT2D eigenvalue weighted by atomic mass is 10.1. The molecule has 0 aliphatic carbocycles. The molecular formula is C13H16N2O4. The number of carbonyl (C=O) groups is 2. The summed E-state index contributed by atoms with van der Waals surface area (Å²) in [6.45, 7) is 1.33. The molecule has 102 valence electrons. The number of rotatable bonds is 4. The molecule has 0 spiro atoms. The summed E-state index contributed by atoms with van der Waals surface area (Å²) >= 11 is 0. The van der Waals surface area contributed by atoms with Crippen LogP contribution >= 0.6 is 0 Å². The van der Waals surface area contributed by atoms with E-state index >= 15 is 0 Å². The van der Waals surface area contributed by atoms with E-state index in [0.717, 1.165) is 11.3 Å². The van der Waals surface area contributed by atoms with Crippen molar-refractivity contribution in [2.75, 3.05) is 5.32 Å². The van der Waals surface area contributed by atoms with Crippen molar-refractivity contribution in [1.29, 1.82) is 0 Å². The van der Waals surface area contributed by atoms with E-state index in [-0.39, 0.29) is 0 Å². The molecule has 0 radical (unpaired) electrons. The van der Waals surface area contributed by atoms with E-state index in [1.165, 1.54) is 6.92 Å². The van der Waals surface area contributed by atoms with Gasteiger partial charge < -0.3 is 20.8 Å². The normalized spacial score (nSPS) is 20.0. The molecule has 0 saturated carbocycles. The topological polar surface area (TPSA) is 98.7 Å². The van der Waals surface area contributed by atoms with E-state index in [0.29, 0.717) is 6.42 Å². The van der Waals surface area contributed by atoms with Crippen LogP contribution in [0.4, 0.5) is 5.69 Å². The SMILES string of the molecule is C[C@@H](O)[C@H](NC(=O)C1Cc2ccccc2N1)C(=O)O. The van der Waals surface area contributed by atoms with Crippen molar-refractivity contribution in [3.05, 3.63) is 29.8 Å². The highest BCUT2D eigenvalue weighted by Crippen LogP contribution is 2.25. The quantitative estimate of drug-likeness (QED) is 0.612. The summed E-state index contributed by atoms with van der Waals surface area (Å²) in [5.74, 6) is -1.68. The van der Waals surface area contributed by atoms with Crippen molar-refractivity contribution in [2.45, 2.75) is 31.5 Å². The van der Waals surface area contributed by atoms with E-state index in [2.05, 4.69) is 10.6 Å². The van der Waals surface area contributed by atoms with Gasteiger partial charge in [0, 0.05) is 12.1 Å². The Hall–Kier alpha value is -2.08. The highest BCUT2D eigenvalue weighted by molar-refractivity contribution is 5.90. The van der Waals surface area contributed by atoms with E-state index in [4.69, 9.17) is 5.11 Å². The van der Waals surface area contributed by atoms with Crippen LogP contribution in [0.2, 0.25) is 0 Å². The Morgan fingerprint density at radius 3 is 2.68 bits per heavy atom. The van der Waals surface area contributed by atoms with E-state index < -0.39 is 30.1 Å². The third kappa shape index (κ3) is 2.85. The maximum atomic E-state index is 12.0. The maximum absolute atomic E-state index is 12.0. The van der Waals surface area contributed by atoms with Crippen LogP contribution in [0.25, 0.3) is 0 Å². The van der Waals surface area contributed by atoms with Crippen molar-refractivity contribution >= 4 is 17.6 Å². The molecule has 1 unspecified atom stereocenters. The fourth-order valence-corrected chi connectivity index (χ4v) is 2.10. The highest BCUT2D eigenvalue weighted by atomic mass is 16.4. The Morgan fingerprint density at radius 1 is 1.42 bits per heavy atom. The standard InChI is InChI=1S/C13H16N2O4/c1-7(16)11(13(18)19)15-12(17)10-6-8-4-2-3-5-9(8)14-10/h2-5,7,10-11,14,16H,6H2,1H3,(H,15,17)(H,18,19)/t7-,10?,11+/m1/s1. The minimum atomic E-state index is -1.29. The molecule has 1 aliphatic rings. The molecule has 1 heterocycles. The summed E-state index contributed by atoms with van der Waals surface area (Å²) < 4.78 is 0. The van der Waals surface area contributed by atoms with Crippen LogP contribution in [-0.4, -0.2) is 40.3 Å². The number of fused-ring (bicyclic) bond motifs is 1. The molecule has 1 amide bonds. The maximum Gasteiger partial charge on any atom is 0.328 e. The molecule has 2 rings (SSSR count). The minimum Gasteiger partial charge on any atom is -0.480 e. The number of amides is 1. The lowest BCUT2D eigenvalue weighted by Gasteiger charge is -2.19. The van der Waals surface area contributed by atoms with Gasteiger partial charge in [-0.1, -0.05) is 18.2 Å². The smallest absolute Gasteiger partial charge is 0.328 e. The molecular weight excluding hydrogens is 248 g/mol. The Morgan fingerprint density at radius 2 is 2.11 bits per heavy atom. The number of hydrogen-bond acceptors (Lipinski definition) is 4. The second kappa shape index (κ2) is 5.27. The van der Waals surface area contributed by atoms with Crippen LogP contribution in [-0.2, 0) is 16.0 Å². The first-order valence-corrected chi connectivity index (χ1v) is 6.04. The number of carboxylic acids is 1. The van der Waals surface area contributed by atoms with Crippen molar-refractivity contribution in [3.63, 3.8) is 0 Å². The first-order valence-electron chi connectivity index (χ1n) is 6.04. The van der Waals surface area contributed by atoms with Gasteiger partial charge in [0.25, 0.3) is 0 Å². The third-order valence-electron chi connectivity index (χ3n) is 3.13. The molecule has 1 aromatic rings. The van der Waals surface area contributed by atoms with E-state index in [1.54, 1.807) is 0 Å². The predicted octanol–water partition coefficient (Wildman–Crippen LogP) is -0.0266. The van der Waals surface area contributed by atoms with Gasteiger partial charge >= 0.3 is 5.97 Å². The van der Waals surface area contributed by atoms with Gasteiger partial charge in [-0.25, -0.2) is 4.79 Å². The number of anilines is 1. The highest BCUT2D eigenvalue weighted by Gasteiger charge is 2.31. The summed E-state index contributed by atoms with van der Waals surface area (Å²) in [6, 6.07) is 5.74. The van der Waals surface area contributed by atoms with E-state index in [1.807, 2.05) is 24.3 Å². The van der Waals surface area contributed by atoms with Crippen LogP contribution in [0, 0.1) is 0 Å². The number of hydrogen-bond donors (Lipinski definition) is 4. The third-order valence-corrected chi connectivity index (χ3v) is 3.13. The second-order valence-corrected chi connectivity index (χ2v) is 4.62. The largest absolute Gasteiger partial charge is 0.480 e. The molecule has 6 heteroatoms. The molecule has 4 N–H and O–H groups in total. The fraction of sp³-hybridized carbons (Fsp3) is 0.385. The van der Waals surface area contributed by atoms with Crippen molar-refractivity contribution in [3.8, 4) is 0 Å². The zero-order valence-corrected chi connectivity index (χ0v) is 10.5. The van der Waals surface area contributed by atoms with Crippen LogP contribution in [0.3, 0.4) is 0 Å². The lowest BCUT2D eigenvalue weighted by molar-refractivity contribution is -0.144. The monoisotopic (exact) mass is 264 g/mol. The van der Waals surface area contributed by atoms with Gasteiger partial charge in [-0.2, -0.15) is 0 Å². The Labute approximate surface area is 110 Å². The molecule has 6 nitrogen and oxygen atoms in total. The molecule has 1 aromatic carbocycles. The van der Waals surface area contributed by atoms with Crippen LogP contribution in [0.5, 0.6) is 0 Å². The molecule has 19 heavy (non-hydrogen) atoms. The van der Waals surface area contributed by atoms with Crippen LogP contribution < -0.4 is 10.6 Å². The average Bonchev–Trinajstić information content (AvgIpc) is 2.78. The zero-order chi connectivity index (χ0) is 14.0. The summed E-state index contributed by atoms with van der Waals surface area (Å²) in [6.07, 6.45) is -0.640. The van der Waals surface area contributed by atoms with Gasteiger partial charge in [-0.3, -0.25) is 4.79 Å². The van der Waals surface area contributed by atoms with E-state index in [9.17, 15) is 14.7 Å². The number of aliphatic carboxylic acids is 1. The van der Waals surface area contributed by atoms with Gasteiger partial charge in [0.1, 0.15) is 6.04 Å². The Kier molecular flexibility index (Phi) is 3.71. The minimum absolute atomic E-state index is 0.426. The molecule has 1 aliphatic heterocycles. The predicted molar refractivity (Wildman–Crippen MR) is 68.8 cm³/mol. The lowest BCUT2D eigenvalue weighted by Crippen LogP contribution is -2.51. The average molecular weight is 264 g/mol. The van der Waals surface area contributed by atoms with Gasteiger partial charge in [0.2, 0.25) is 5.91 Å². The van der Waals surface area contributed by atoms with Crippen molar-refractivity contribution < 1.29 is 19.8 Å². The Bertz CT molecular complexity index is 476. The molecule has 0 saturated heterocycles. The van der Waals surface area contributed by atoms with Crippen molar-refractivity contribution in [2.24, 2.45) is 0 Å². The fourth-order valence-electron chi connectivity index (χ4n) is 2.10. The van der Waals surface area contributed by atoms with Crippen LogP contribution in [0.15, 0.2) is 24.3 Å². The molecule has 3 atom stereocenters. The zero-order valence-electron chi connectivity index (χ0n) is 10.5. The number of aliphatic hydroxyl groups excluding tert-OH is 1. The number of para-hydroxylation sites is 1. The number of aliphatic hydroxyl groups is 1. The first-order chi connectivity index (χ1) is 8.99. The van der Waals surface area contributed by atoms with Gasteiger partial charge in [-0.05, 0) is 18.6 Å².